The van der Waals surface area contributed by atoms with E-state index in [1.807, 2.05) is 54.7 Å². The van der Waals surface area contributed by atoms with Crippen LogP contribution < -0.4 is 5.32 Å². The van der Waals surface area contributed by atoms with E-state index in [2.05, 4.69) is 25.9 Å². The molecule has 1 aliphatic rings. The lowest BCUT2D eigenvalue weighted by Gasteiger charge is -2.11. The Hall–Kier alpha value is -3.47. The van der Waals surface area contributed by atoms with Crippen LogP contribution in [0.4, 0.5) is 5.69 Å². The predicted molar refractivity (Wildman–Crippen MR) is 115 cm³/mol. The van der Waals surface area contributed by atoms with E-state index >= 15 is 0 Å². The fourth-order valence-electron chi connectivity index (χ4n) is 4.07. The molecule has 5 heteroatoms. The number of imidazole rings is 1. The Labute approximate surface area is 169 Å². The summed E-state index contributed by atoms with van der Waals surface area (Å²) in [4.78, 5) is 22.0. The molecule has 0 atom stereocenters. The number of fused-ring (bicyclic) bond motifs is 2. The largest absolute Gasteiger partial charge is 0.328 e. The molecule has 5 nitrogen and oxygen atoms in total. The smallest absolute Gasteiger partial charge is 0.257 e. The summed E-state index contributed by atoms with van der Waals surface area (Å²) in [6, 6.07) is 17.4. The molecule has 144 valence electrons. The number of aromatic nitrogens is 3. The number of para-hydroxylation sites is 1. The van der Waals surface area contributed by atoms with Crippen molar-refractivity contribution < 1.29 is 4.79 Å². The van der Waals surface area contributed by atoms with Gasteiger partial charge in [0.2, 0.25) is 0 Å². The third-order valence-corrected chi connectivity index (χ3v) is 5.51. The molecule has 0 spiro atoms. The second-order valence-corrected chi connectivity index (χ2v) is 7.45. The van der Waals surface area contributed by atoms with Crippen molar-refractivity contribution in [2.45, 2.75) is 32.2 Å². The van der Waals surface area contributed by atoms with E-state index in [1.54, 1.807) is 6.20 Å². The van der Waals surface area contributed by atoms with E-state index in [0.29, 0.717) is 11.1 Å². The van der Waals surface area contributed by atoms with Crippen LogP contribution in [-0.2, 0) is 13.0 Å². The van der Waals surface area contributed by atoms with Crippen LogP contribution in [0.1, 0.15) is 35.3 Å². The number of pyridine rings is 1. The number of hydrogen-bond acceptors (Lipinski definition) is 3. The third-order valence-electron chi connectivity index (χ3n) is 5.51. The zero-order valence-electron chi connectivity index (χ0n) is 16.1. The van der Waals surface area contributed by atoms with E-state index < -0.39 is 0 Å². The number of anilines is 1. The Morgan fingerprint density at radius 1 is 0.966 bits per heavy atom. The van der Waals surface area contributed by atoms with E-state index in [0.717, 1.165) is 35.4 Å². The topological polar surface area (TPSA) is 59.8 Å². The molecule has 0 unspecified atom stereocenters. The van der Waals surface area contributed by atoms with Crippen LogP contribution in [0.5, 0.6) is 0 Å². The Morgan fingerprint density at radius 2 is 1.86 bits per heavy atom. The second kappa shape index (κ2) is 7.51. The van der Waals surface area contributed by atoms with E-state index in [1.165, 1.54) is 25.0 Å². The first-order valence-electron chi connectivity index (χ1n) is 10.1. The number of amides is 1. The number of nitrogens with zero attached hydrogens (tertiary/aromatic N) is 3. The van der Waals surface area contributed by atoms with Gasteiger partial charge in [-0.1, -0.05) is 36.8 Å². The molecule has 0 saturated carbocycles. The highest BCUT2D eigenvalue weighted by atomic mass is 16.1. The molecule has 1 amide bonds. The monoisotopic (exact) mass is 382 g/mol. The first-order chi connectivity index (χ1) is 14.3. The van der Waals surface area contributed by atoms with E-state index in [-0.39, 0.29) is 5.91 Å². The minimum absolute atomic E-state index is 0.159. The number of benzene rings is 2. The first kappa shape index (κ1) is 17.6. The molecule has 5 rings (SSSR count). The molecule has 1 N–H and O–H groups in total. The van der Waals surface area contributed by atoms with Crippen LogP contribution in [0.2, 0.25) is 0 Å². The second-order valence-electron chi connectivity index (χ2n) is 7.45. The number of rotatable bonds is 3. The molecule has 0 bridgehead atoms. The maximum atomic E-state index is 12.9. The Morgan fingerprint density at radius 3 is 2.83 bits per heavy atom. The van der Waals surface area contributed by atoms with Crippen LogP contribution >= 0.6 is 0 Å². The number of nitrogens with one attached hydrogen (secondary N) is 1. The zero-order valence-corrected chi connectivity index (χ0v) is 16.1. The maximum Gasteiger partial charge on any atom is 0.257 e. The lowest BCUT2D eigenvalue weighted by Crippen LogP contribution is -2.13. The van der Waals surface area contributed by atoms with Gasteiger partial charge < -0.3 is 9.88 Å². The average Bonchev–Trinajstić information content (AvgIpc) is 3.02. The van der Waals surface area contributed by atoms with Crippen LogP contribution in [0.3, 0.4) is 0 Å². The van der Waals surface area contributed by atoms with Gasteiger partial charge in [-0.05, 0) is 43.5 Å². The van der Waals surface area contributed by atoms with Crippen molar-refractivity contribution in [2.24, 2.45) is 0 Å². The van der Waals surface area contributed by atoms with Gasteiger partial charge in [0.1, 0.15) is 5.82 Å². The lowest BCUT2D eigenvalue weighted by molar-refractivity contribution is 0.102. The minimum Gasteiger partial charge on any atom is -0.328 e. The number of carbonyl (C=O) groups excluding carboxylic acids is 1. The average molecular weight is 382 g/mol. The Kier molecular flexibility index (Phi) is 4.56. The van der Waals surface area contributed by atoms with Gasteiger partial charge in [0.05, 0.1) is 11.1 Å². The summed E-state index contributed by atoms with van der Waals surface area (Å²) < 4.78 is 2.32. The van der Waals surface area contributed by atoms with Gasteiger partial charge in [0, 0.05) is 41.3 Å². The van der Waals surface area contributed by atoms with Crippen LogP contribution in [0, 0.1) is 0 Å². The summed E-state index contributed by atoms with van der Waals surface area (Å²) in [5, 5.41) is 3.98. The van der Waals surface area contributed by atoms with E-state index in [9.17, 15) is 4.79 Å². The molecular weight excluding hydrogens is 360 g/mol. The summed E-state index contributed by atoms with van der Waals surface area (Å²) in [5.41, 5.74) is 4.36. The molecule has 2 aromatic heterocycles. The zero-order chi connectivity index (χ0) is 19.6. The maximum absolute atomic E-state index is 12.9. The normalized spacial score (nSPS) is 13.7. The first-order valence-corrected chi connectivity index (χ1v) is 10.1. The number of carbonyl (C=O) groups is 1. The van der Waals surface area contributed by atoms with Crippen LogP contribution in [0.25, 0.3) is 22.3 Å². The Balaban J connectivity index is 1.45. The quantitative estimate of drug-likeness (QED) is 0.538. The molecule has 0 fully saturated rings. The molecule has 4 aromatic rings. The van der Waals surface area contributed by atoms with Gasteiger partial charge >= 0.3 is 0 Å². The molecule has 29 heavy (non-hydrogen) atoms. The molecule has 3 heterocycles. The molecule has 2 aromatic carbocycles. The summed E-state index contributed by atoms with van der Waals surface area (Å²) >= 11 is 0. The van der Waals surface area contributed by atoms with Crippen molar-refractivity contribution in [2.75, 3.05) is 5.32 Å². The van der Waals surface area contributed by atoms with Crippen molar-refractivity contribution in [3.05, 3.63) is 78.2 Å². The fourth-order valence-corrected chi connectivity index (χ4v) is 4.07. The molecular formula is C24H22N4O. The van der Waals surface area contributed by atoms with E-state index in [4.69, 9.17) is 0 Å². The molecule has 1 aliphatic heterocycles. The lowest BCUT2D eigenvalue weighted by atomic mass is 10.1. The SMILES string of the molecule is O=C(Nc1cccc(-c2ncc3n2CCCCC3)c1)c1cccc2cccnc12. The number of hydrogen-bond donors (Lipinski definition) is 1. The molecule has 0 saturated heterocycles. The summed E-state index contributed by atoms with van der Waals surface area (Å²) in [6.07, 6.45) is 8.45. The van der Waals surface area contributed by atoms with Gasteiger partial charge in [-0.15, -0.1) is 0 Å². The standard InChI is InChI=1S/C24H22N4O/c29-24(21-12-5-7-17-9-6-13-25-22(17)21)27-19-10-4-8-18(15-19)23-26-16-20-11-2-1-3-14-28(20)23/h4-10,12-13,15-16H,1-3,11,14H2,(H,27,29). The summed E-state index contributed by atoms with van der Waals surface area (Å²) in [6.45, 7) is 1.00. The fraction of sp³-hybridized carbons (Fsp3) is 0.208. The third kappa shape index (κ3) is 3.40. The van der Waals surface area contributed by atoms with Gasteiger partial charge in [-0.2, -0.15) is 0 Å². The number of aryl methyl sites for hydroxylation is 1. The molecule has 0 radical (unpaired) electrons. The predicted octanol–water partition coefficient (Wildman–Crippen LogP) is 5.08. The van der Waals surface area contributed by atoms with Gasteiger partial charge in [0.15, 0.2) is 0 Å². The minimum atomic E-state index is -0.159. The van der Waals surface area contributed by atoms with Crippen molar-refractivity contribution in [1.82, 2.24) is 14.5 Å². The van der Waals surface area contributed by atoms with Gasteiger partial charge in [0.25, 0.3) is 5.91 Å². The highest BCUT2D eigenvalue weighted by Crippen LogP contribution is 2.26. The highest BCUT2D eigenvalue weighted by Gasteiger charge is 2.16. The van der Waals surface area contributed by atoms with Crippen molar-refractivity contribution in [1.29, 1.82) is 0 Å². The van der Waals surface area contributed by atoms with Gasteiger partial charge in [-0.3, -0.25) is 9.78 Å². The van der Waals surface area contributed by atoms with Crippen molar-refractivity contribution in [3.63, 3.8) is 0 Å². The Bertz CT molecular complexity index is 1190. The van der Waals surface area contributed by atoms with Crippen LogP contribution in [0.15, 0.2) is 67.0 Å². The summed E-state index contributed by atoms with van der Waals surface area (Å²) in [5.74, 6) is 0.818. The van der Waals surface area contributed by atoms with Crippen molar-refractivity contribution in [3.8, 4) is 11.4 Å². The van der Waals surface area contributed by atoms with Crippen LogP contribution in [-0.4, -0.2) is 20.4 Å². The van der Waals surface area contributed by atoms with Crippen molar-refractivity contribution >= 4 is 22.5 Å². The summed E-state index contributed by atoms with van der Waals surface area (Å²) in [7, 11) is 0. The van der Waals surface area contributed by atoms with Gasteiger partial charge in [-0.25, -0.2) is 4.98 Å². The highest BCUT2D eigenvalue weighted by molar-refractivity contribution is 6.11. The molecule has 0 aliphatic carbocycles.